The van der Waals surface area contributed by atoms with Crippen LogP contribution < -0.4 is 5.32 Å². The number of anilines is 1. The molecule has 0 spiro atoms. The molecule has 1 nitrogen and oxygen atoms in total. The van der Waals surface area contributed by atoms with Gasteiger partial charge in [-0.2, -0.15) is 0 Å². The summed E-state index contributed by atoms with van der Waals surface area (Å²) in [4.78, 5) is 0. The number of fused-ring (bicyclic) bond motifs is 3. The highest BCUT2D eigenvalue weighted by Gasteiger charge is 2.40. The number of alkyl halides is 1. The summed E-state index contributed by atoms with van der Waals surface area (Å²) >= 11 is 0. The summed E-state index contributed by atoms with van der Waals surface area (Å²) in [6.07, 6.45) is 6.44. The molecule has 2 aliphatic carbocycles. The maximum atomic E-state index is 14.7. The number of halogens is 1. The van der Waals surface area contributed by atoms with Gasteiger partial charge < -0.3 is 5.32 Å². The van der Waals surface area contributed by atoms with Crippen LogP contribution in [0.5, 0.6) is 0 Å². The van der Waals surface area contributed by atoms with Gasteiger partial charge in [-0.05, 0) is 55.4 Å². The maximum absolute atomic E-state index is 14.7. The van der Waals surface area contributed by atoms with E-state index in [1.807, 2.05) is 12.1 Å². The van der Waals surface area contributed by atoms with Crippen molar-refractivity contribution in [2.24, 2.45) is 17.8 Å². The molecule has 4 rings (SSSR count). The molecule has 0 aromatic heterocycles. The highest BCUT2D eigenvalue weighted by atomic mass is 19.1. The first-order valence-corrected chi connectivity index (χ1v) is 7.81. The first-order valence-electron chi connectivity index (χ1n) is 7.81. The Labute approximate surface area is 114 Å². The van der Waals surface area contributed by atoms with Crippen LogP contribution in [0, 0.1) is 17.8 Å². The van der Waals surface area contributed by atoms with Gasteiger partial charge in [0.2, 0.25) is 0 Å². The monoisotopic (exact) mass is 259 g/mol. The zero-order valence-electron chi connectivity index (χ0n) is 11.4. The lowest BCUT2D eigenvalue weighted by atomic mass is 9.83. The van der Waals surface area contributed by atoms with Crippen molar-refractivity contribution in [1.29, 1.82) is 0 Å². The lowest BCUT2D eigenvalue weighted by molar-refractivity contribution is 0.221. The van der Waals surface area contributed by atoms with Crippen LogP contribution in [0.25, 0.3) is 0 Å². The molecule has 19 heavy (non-hydrogen) atoms. The molecule has 2 heteroatoms. The molecule has 1 aromatic carbocycles. The van der Waals surface area contributed by atoms with Gasteiger partial charge in [-0.25, -0.2) is 4.39 Å². The molecular weight excluding hydrogens is 237 g/mol. The fourth-order valence-corrected chi connectivity index (χ4v) is 4.69. The third kappa shape index (κ3) is 1.96. The standard InChI is InChI=1S/C17H22FN/c18-16(10-14-9-11-4-5-13(14)8-11)15-3-1-2-12-6-7-19-17(12)15/h1-3,11,13-14,16,19H,4-10H2. The Kier molecular flexibility index (Phi) is 2.78. The molecule has 3 aliphatic rings. The van der Waals surface area contributed by atoms with E-state index in [1.165, 1.54) is 31.2 Å². The van der Waals surface area contributed by atoms with E-state index in [-0.39, 0.29) is 0 Å². The Hall–Kier alpha value is -1.05. The van der Waals surface area contributed by atoms with E-state index in [0.29, 0.717) is 5.92 Å². The van der Waals surface area contributed by atoms with Crippen LogP contribution in [0.2, 0.25) is 0 Å². The molecule has 2 saturated carbocycles. The molecule has 1 aromatic rings. The largest absolute Gasteiger partial charge is 0.384 e. The van der Waals surface area contributed by atoms with Crippen LogP contribution in [0.1, 0.15) is 49.4 Å². The number of benzene rings is 1. The topological polar surface area (TPSA) is 12.0 Å². The summed E-state index contributed by atoms with van der Waals surface area (Å²) in [5.41, 5.74) is 3.31. The molecule has 1 heterocycles. The average Bonchev–Trinajstić information content (AvgIpc) is 3.13. The van der Waals surface area contributed by atoms with Crippen molar-refractivity contribution in [3.8, 4) is 0 Å². The van der Waals surface area contributed by atoms with E-state index < -0.39 is 6.17 Å². The van der Waals surface area contributed by atoms with Gasteiger partial charge in [-0.15, -0.1) is 0 Å². The van der Waals surface area contributed by atoms with Gasteiger partial charge >= 0.3 is 0 Å². The summed E-state index contributed by atoms with van der Waals surface area (Å²) in [6, 6.07) is 6.13. The minimum absolute atomic E-state index is 0.644. The summed E-state index contributed by atoms with van der Waals surface area (Å²) in [6.45, 7) is 0.965. The normalized spacial score (nSPS) is 33.2. The van der Waals surface area contributed by atoms with Crippen molar-refractivity contribution in [2.75, 3.05) is 11.9 Å². The summed E-state index contributed by atoms with van der Waals surface area (Å²) < 4.78 is 14.7. The Morgan fingerprint density at radius 3 is 3.00 bits per heavy atom. The number of hydrogen-bond acceptors (Lipinski definition) is 1. The Morgan fingerprint density at radius 1 is 1.26 bits per heavy atom. The molecule has 0 saturated heterocycles. The summed E-state index contributed by atoms with van der Waals surface area (Å²) in [5, 5.41) is 3.37. The van der Waals surface area contributed by atoms with E-state index in [0.717, 1.165) is 42.5 Å². The molecule has 0 amide bonds. The number of rotatable bonds is 3. The fraction of sp³-hybridized carbons (Fsp3) is 0.647. The highest BCUT2D eigenvalue weighted by Crippen LogP contribution is 2.51. The second kappa shape index (κ2) is 4.50. The predicted octanol–water partition coefficient (Wildman–Crippen LogP) is 4.49. The quantitative estimate of drug-likeness (QED) is 0.843. The lowest BCUT2D eigenvalue weighted by Gasteiger charge is -2.24. The average molecular weight is 259 g/mol. The summed E-state index contributed by atoms with van der Waals surface area (Å²) in [7, 11) is 0. The van der Waals surface area contributed by atoms with Crippen molar-refractivity contribution in [3.05, 3.63) is 29.3 Å². The van der Waals surface area contributed by atoms with Crippen molar-refractivity contribution in [1.82, 2.24) is 0 Å². The van der Waals surface area contributed by atoms with Gasteiger partial charge in [0.1, 0.15) is 6.17 Å². The molecule has 4 unspecified atom stereocenters. The minimum Gasteiger partial charge on any atom is -0.384 e. The molecule has 0 radical (unpaired) electrons. The molecule has 2 bridgehead atoms. The molecule has 4 atom stereocenters. The Bertz CT molecular complexity index is 484. The van der Waals surface area contributed by atoms with Crippen LogP contribution in [0.3, 0.4) is 0 Å². The van der Waals surface area contributed by atoms with E-state index in [9.17, 15) is 4.39 Å². The van der Waals surface area contributed by atoms with Crippen molar-refractivity contribution >= 4 is 5.69 Å². The first-order chi connectivity index (χ1) is 9.31. The third-order valence-electron chi connectivity index (χ3n) is 5.61. The van der Waals surface area contributed by atoms with Gasteiger partial charge in [0.05, 0.1) is 0 Å². The third-order valence-corrected chi connectivity index (χ3v) is 5.61. The molecular formula is C17H22FN. The van der Waals surface area contributed by atoms with Crippen LogP contribution in [-0.4, -0.2) is 6.54 Å². The zero-order valence-corrected chi connectivity index (χ0v) is 11.4. The lowest BCUT2D eigenvalue weighted by Crippen LogP contribution is -2.13. The van der Waals surface area contributed by atoms with E-state index >= 15 is 0 Å². The van der Waals surface area contributed by atoms with Crippen LogP contribution in [0.4, 0.5) is 10.1 Å². The second-order valence-corrected chi connectivity index (χ2v) is 6.70. The zero-order chi connectivity index (χ0) is 12.8. The first kappa shape index (κ1) is 11.7. The number of nitrogens with one attached hydrogen (secondary N) is 1. The molecule has 2 fully saturated rings. The second-order valence-electron chi connectivity index (χ2n) is 6.70. The Balaban J connectivity index is 1.52. The summed E-state index contributed by atoms with van der Waals surface area (Å²) in [5.74, 6) is 2.39. The van der Waals surface area contributed by atoms with Gasteiger partial charge in [0.15, 0.2) is 0 Å². The Morgan fingerprint density at radius 2 is 2.21 bits per heavy atom. The highest BCUT2D eigenvalue weighted by molar-refractivity contribution is 5.61. The molecule has 1 N–H and O–H groups in total. The van der Waals surface area contributed by atoms with Crippen molar-refractivity contribution in [2.45, 2.75) is 44.7 Å². The predicted molar refractivity (Wildman–Crippen MR) is 76.0 cm³/mol. The van der Waals surface area contributed by atoms with Crippen LogP contribution in [-0.2, 0) is 6.42 Å². The molecule has 1 aliphatic heterocycles. The fourth-order valence-electron chi connectivity index (χ4n) is 4.69. The number of hydrogen-bond donors (Lipinski definition) is 1. The van der Waals surface area contributed by atoms with Crippen molar-refractivity contribution in [3.63, 3.8) is 0 Å². The van der Waals surface area contributed by atoms with E-state index in [4.69, 9.17) is 0 Å². The van der Waals surface area contributed by atoms with Crippen molar-refractivity contribution < 1.29 is 4.39 Å². The van der Waals surface area contributed by atoms with Crippen LogP contribution >= 0.6 is 0 Å². The number of para-hydroxylation sites is 1. The maximum Gasteiger partial charge on any atom is 0.127 e. The van der Waals surface area contributed by atoms with E-state index in [2.05, 4.69) is 11.4 Å². The van der Waals surface area contributed by atoms with Gasteiger partial charge in [-0.1, -0.05) is 24.6 Å². The SMILES string of the molecule is FC(CC1CC2CCC1C2)c1cccc2c1NCC2. The van der Waals surface area contributed by atoms with Gasteiger partial charge in [0.25, 0.3) is 0 Å². The van der Waals surface area contributed by atoms with E-state index in [1.54, 1.807) is 0 Å². The minimum atomic E-state index is -0.773. The smallest absolute Gasteiger partial charge is 0.127 e. The van der Waals surface area contributed by atoms with Gasteiger partial charge in [-0.3, -0.25) is 0 Å². The molecule has 102 valence electrons. The van der Waals surface area contributed by atoms with Gasteiger partial charge in [0, 0.05) is 17.8 Å². The van der Waals surface area contributed by atoms with Crippen LogP contribution in [0.15, 0.2) is 18.2 Å².